The second kappa shape index (κ2) is 6.19. The molecule has 112 valence electrons. The molecule has 0 spiro atoms. The lowest BCUT2D eigenvalue weighted by atomic mass is 10.3. The Morgan fingerprint density at radius 3 is 2.43 bits per heavy atom. The first-order valence-corrected chi connectivity index (χ1v) is 7.82. The maximum absolute atomic E-state index is 12.2. The molecule has 21 heavy (non-hydrogen) atoms. The lowest BCUT2D eigenvalue weighted by molar-refractivity contribution is 0.415. The Bertz CT molecular complexity index is 733. The third-order valence-corrected chi connectivity index (χ3v) is 4.34. The van der Waals surface area contributed by atoms with Crippen LogP contribution in [0.1, 0.15) is 0 Å². The van der Waals surface area contributed by atoms with Crippen LogP contribution in [0.3, 0.4) is 0 Å². The van der Waals surface area contributed by atoms with E-state index in [-0.39, 0.29) is 9.92 Å². The van der Waals surface area contributed by atoms with Crippen LogP contribution in [0.5, 0.6) is 5.75 Å². The highest BCUT2D eigenvalue weighted by molar-refractivity contribution is 7.92. The van der Waals surface area contributed by atoms with E-state index >= 15 is 0 Å². The molecule has 0 saturated heterocycles. The highest BCUT2D eigenvalue weighted by atomic mass is 35.5. The summed E-state index contributed by atoms with van der Waals surface area (Å²) in [4.78, 5) is 3.94. The molecule has 2 N–H and O–H groups in total. The van der Waals surface area contributed by atoms with Gasteiger partial charge in [0.15, 0.2) is 0 Å². The summed E-state index contributed by atoms with van der Waals surface area (Å²) in [6, 6.07) is 7.87. The van der Waals surface area contributed by atoms with E-state index in [4.69, 9.17) is 16.3 Å². The fraction of sp³-hybridized carbons (Fsp3) is 0.154. The van der Waals surface area contributed by atoms with Crippen LogP contribution in [0.4, 0.5) is 11.5 Å². The van der Waals surface area contributed by atoms with Crippen LogP contribution < -0.4 is 14.8 Å². The molecule has 0 aliphatic heterocycles. The van der Waals surface area contributed by atoms with Crippen molar-refractivity contribution in [1.82, 2.24) is 4.98 Å². The van der Waals surface area contributed by atoms with Crippen LogP contribution in [-0.2, 0) is 10.0 Å². The van der Waals surface area contributed by atoms with Crippen molar-refractivity contribution in [3.63, 3.8) is 0 Å². The molecule has 1 aromatic heterocycles. The van der Waals surface area contributed by atoms with Crippen molar-refractivity contribution in [2.24, 2.45) is 0 Å². The van der Waals surface area contributed by atoms with E-state index < -0.39 is 10.0 Å². The van der Waals surface area contributed by atoms with Gasteiger partial charge in [0.25, 0.3) is 10.0 Å². The number of hydrogen-bond donors (Lipinski definition) is 2. The summed E-state index contributed by atoms with van der Waals surface area (Å²) in [6.07, 6.45) is 1.24. The van der Waals surface area contributed by atoms with Crippen molar-refractivity contribution in [2.75, 3.05) is 24.2 Å². The van der Waals surface area contributed by atoms with Gasteiger partial charge in [-0.05, 0) is 30.3 Å². The molecule has 1 heterocycles. The smallest absolute Gasteiger partial charge is 0.263 e. The fourth-order valence-corrected chi connectivity index (χ4v) is 2.98. The fourth-order valence-electron chi connectivity index (χ4n) is 1.62. The Morgan fingerprint density at radius 1 is 1.24 bits per heavy atom. The zero-order chi connectivity index (χ0) is 15.5. The van der Waals surface area contributed by atoms with Crippen molar-refractivity contribution < 1.29 is 13.2 Å². The van der Waals surface area contributed by atoms with Gasteiger partial charge in [0.2, 0.25) is 0 Å². The number of methoxy groups -OCH3 is 1. The largest absolute Gasteiger partial charge is 0.497 e. The highest BCUT2D eigenvalue weighted by Gasteiger charge is 2.16. The summed E-state index contributed by atoms with van der Waals surface area (Å²) in [5.74, 6) is 1.06. The van der Waals surface area contributed by atoms with Gasteiger partial charge < -0.3 is 10.1 Å². The molecule has 8 heteroatoms. The summed E-state index contributed by atoms with van der Waals surface area (Å²) < 4.78 is 32.0. The quantitative estimate of drug-likeness (QED) is 0.882. The highest BCUT2D eigenvalue weighted by Crippen LogP contribution is 2.24. The van der Waals surface area contributed by atoms with Crippen molar-refractivity contribution >= 4 is 33.1 Å². The first-order valence-electron chi connectivity index (χ1n) is 5.96. The number of hydrogen-bond acceptors (Lipinski definition) is 5. The molecule has 0 aliphatic carbocycles. The van der Waals surface area contributed by atoms with Crippen LogP contribution in [0.2, 0.25) is 5.02 Å². The van der Waals surface area contributed by atoms with E-state index in [9.17, 15) is 8.42 Å². The number of anilines is 2. The maximum Gasteiger partial charge on any atom is 0.263 e. The number of nitrogens with one attached hydrogen (secondary N) is 2. The molecule has 0 radical (unpaired) electrons. The minimum atomic E-state index is -3.75. The van der Waals surface area contributed by atoms with Gasteiger partial charge in [-0.3, -0.25) is 4.72 Å². The van der Waals surface area contributed by atoms with E-state index in [0.717, 1.165) is 0 Å². The molecule has 6 nitrogen and oxygen atoms in total. The van der Waals surface area contributed by atoms with Gasteiger partial charge in [0, 0.05) is 18.9 Å². The third-order valence-electron chi connectivity index (χ3n) is 2.71. The summed E-state index contributed by atoms with van der Waals surface area (Å²) in [5.41, 5.74) is 0.421. The first-order chi connectivity index (χ1) is 9.96. The molecule has 0 aliphatic rings. The van der Waals surface area contributed by atoms with Gasteiger partial charge >= 0.3 is 0 Å². The average molecular weight is 328 g/mol. The molecule has 2 aromatic rings. The van der Waals surface area contributed by atoms with Gasteiger partial charge in [0.1, 0.15) is 16.5 Å². The number of benzene rings is 1. The monoisotopic (exact) mass is 327 g/mol. The minimum Gasteiger partial charge on any atom is -0.497 e. The zero-order valence-electron chi connectivity index (χ0n) is 11.4. The van der Waals surface area contributed by atoms with Crippen molar-refractivity contribution in [3.05, 3.63) is 41.6 Å². The summed E-state index contributed by atoms with van der Waals surface area (Å²) in [5, 5.41) is 3.00. The second-order valence-electron chi connectivity index (χ2n) is 4.09. The molecule has 0 bridgehead atoms. The summed E-state index contributed by atoms with van der Waals surface area (Å²) >= 11 is 5.94. The van der Waals surface area contributed by atoms with Crippen molar-refractivity contribution in [2.45, 2.75) is 4.90 Å². The molecular weight excluding hydrogens is 314 g/mol. The number of ether oxygens (including phenoxy) is 1. The Morgan fingerprint density at radius 2 is 1.90 bits per heavy atom. The van der Waals surface area contributed by atoms with Crippen LogP contribution >= 0.6 is 11.6 Å². The van der Waals surface area contributed by atoms with Crippen LogP contribution in [0.25, 0.3) is 0 Å². The lowest BCUT2D eigenvalue weighted by Crippen LogP contribution is -2.13. The SMILES string of the molecule is CNc1ncc(S(=O)(=O)Nc2ccc(OC)cc2)cc1Cl. The number of halogens is 1. The Balaban J connectivity index is 2.26. The number of aromatic nitrogens is 1. The number of sulfonamides is 1. The molecular formula is C13H14ClN3O3S. The van der Waals surface area contributed by atoms with E-state index in [1.807, 2.05) is 0 Å². The molecule has 1 aromatic carbocycles. The molecule has 0 unspecified atom stereocenters. The van der Waals surface area contributed by atoms with E-state index in [0.29, 0.717) is 17.3 Å². The predicted molar refractivity (Wildman–Crippen MR) is 82.6 cm³/mol. The summed E-state index contributed by atoms with van der Waals surface area (Å²) in [6.45, 7) is 0. The van der Waals surface area contributed by atoms with Crippen LogP contribution in [-0.4, -0.2) is 27.6 Å². The molecule has 0 amide bonds. The van der Waals surface area contributed by atoms with Gasteiger partial charge in [0.05, 0.1) is 12.1 Å². The number of nitrogens with zero attached hydrogens (tertiary/aromatic N) is 1. The van der Waals surface area contributed by atoms with Crippen LogP contribution in [0, 0.1) is 0 Å². The van der Waals surface area contributed by atoms with Gasteiger partial charge in [-0.25, -0.2) is 13.4 Å². The van der Waals surface area contributed by atoms with Gasteiger partial charge in [-0.2, -0.15) is 0 Å². The molecule has 0 fully saturated rings. The first kappa shape index (κ1) is 15.4. The number of pyridine rings is 1. The van der Waals surface area contributed by atoms with E-state index in [1.54, 1.807) is 31.3 Å². The number of rotatable bonds is 5. The van der Waals surface area contributed by atoms with E-state index in [1.165, 1.54) is 19.4 Å². The average Bonchev–Trinajstić information content (AvgIpc) is 2.47. The molecule has 0 saturated carbocycles. The van der Waals surface area contributed by atoms with Crippen LogP contribution in [0.15, 0.2) is 41.4 Å². The zero-order valence-corrected chi connectivity index (χ0v) is 13.0. The second-order valence-corrected chi connectivity index (χ2v) is 6.18. The Kier molecular flexibility index (Phi) is 4.54. The van der Waals surface area contributed by atoms with Gasteiger partial charge in [-0.15, -0.1) is 0 Å². The Hall–Kier alpha value is -1.99. The topological polar surface area (TPSA) is 80.3 Å². The molecule has 2 rings (SSSR count). The normalized spacial score (nSPS) is 11.0. The third kappa shape index (κ3) is 3.56. The maximum atomic E-state index is 12.2. The van der Waals surface area contributed by atoms with Crippen molar-refractivity contribution in [1.29, 1.82) is 0 Å². The van der Waals surface area contributed by atoms with Gasteiger partial charge in [-0.1, -0.05) is 11.6 Å². The van der Waals surface area contributed by atoms with Crippen molar-refractivity contribution in [3.8, 4) is 5.75 Å². The summed E-state index contributed by atoms with van der Waals surface area (Å²) in [7, 11) is -0.557. The molecule has 0 atom stereocenters. The minimum absolute atomic E-state index is 0.0117. The van der Waals surface area contributed by atoms with E-state index in [2.05, 4.69) is 15.0 Å². The lowest BCUT2D eigenvalue weighted by Gasteiger charge is -2.10. The Labute approximate surface area is 128 Å². The predicted octanol–water partition coefficient (Wildman–Crippen LogP) is 2.59. The standard InChI is InChI=1S/C13H14ClN3O3S/c1-15-13-12(14)7-11(8-16-13)21(18,19)17-9-3-5-10(20-2)6-4-9/h3-8,17H,1-2H3,(H,15,16).